The first-order valence-corrected chi connectivity index (χ1v) is 8.06. The van der Waals surface area contributed by atoms with E-state index in [1.807, 2.05) is 0 Å². The van der Waals surface area contributed by atoms with E-state index >= 15 is 0 Å². The molecule has 1 fully saturated rings. The molecule has 1 heterocycles. The molecule has 1 amide bonds. The number of amides is 1. The summed E-state index contributed by atoms with van der Waals surface area (Å²) < 4.78 is 37.8. The third-order valence-electron chi connectivity index (χ3n) is 2.91. The largest absolute Gasteiger partial charge is 0.325 e. The number of hydrogen-bond donors (Lipinski definition) is 3. The Labute approximate surface area is 129 Å². The summed E-state index contributed by atoms with van der Waals surface area (Å²) >= 11 is 0. The molecule has 9 heteroatoms. The number of benzene rings is 1. The standard InChI is InChI=1S/C12H16FN3O3S.ClH/c1-20(18,19)16-11-7-8(4-5-9(11)13)15-12(17)10-3-2-6-14-10;/h4-5,7,10,14,16H,2-3,6H2,1H3,(H,15,17);1H. The summed E-state index contributed by atoms with van der Waals surface area (Å²) in [5.41, 5.74) is 0.154. The van der Waals surface area contributed by atoms with Gasteiger partial charge in [0, 0.05) is 5.69 Å². The lowest BCUT2D eigenvalue weighted by molar-refractivity contribution is -0.117. The van der Waals surface area contributed by atoms with Crippen LogP contribution < -0.4 is 15.4 Å². The van der Waals surface area contributed by atoms with Gasteiger partial charge in [0.05, 0.1) is 18.0 Å². The fraction of sp³-hybridized carbons (Fsp3) is 0.417. The van der Waals surface area contributed by atoms with Crippen molar-refractivity contribution >= 4 is 39.7 Å². The summed E-state index contributed by atoms with van der Waals surface area (Å²) in [6, 6.07) is 3.48. The van der Waals surface area contributed by atoms with Gasteiger partial charge in [-0.25, -0.2) is 12.8 Å². The van der Waals surface area contributed by atoms with Gasteiger partial charge in [0.2, 0.25) is 15.9 Å². The number of hydrogen-bond acceptors (Lipinski definition) is 4. The Morgan fingerprint density at radius 1 is 1.43 bits per heavy atom. The number of halogens is 2. The maximum atomic E-state index is 13.5. The maximum absolute atomic E-state index is 13.5. The molecule has 6 nitrogen and oxygen atoms in total. The predicted molar refractivity (Wildman–Crippen MR) is 81.8 cm³/mol. The minimum Gasteiger partial charge on any atom is -0.325 e. The molecule has 0 radical (unpaired) electrons. The first kappa shape index (κ1) is 17.7. The van der Waals surface area contributed by atoms with Crippen molar-refractivity contribution in [2.24, 2.45) is 0 Å². The Bertz CT molecular complexity index is 618. The number of rotatable bonds is 4. The molecule has 2 rings (SSSR count). The highest BCUT2D eigenvalue weighted by Gasteiger charge is 2.22. The molecule has 1 aliphatic rings. The van der Waals surface area contributed by atoms with Gasteiger partial charge in [0.15, 0.2) is 0 Å². The monoisotopic (exact) mass is 337 g/mol. The third kappa shape index (κ3) is 5.14. The van der Waals surface area contributed by atoms with Gasteiger partial charge in [-0.15, -0.1) is 12.4 Å². The second-order valence-electron chi connectivity index (χ2n) is 4.71. The molecule has 118 valence electrons. The minimum atomic E-state index is -3.58. The van der Waals surface area contributed by atoms with Crippen LogP contribution in [0, 0.1) is 5.82 Å². The van der Waals surface area contributed by atoms with Crippen LogP contribution in [0.2, 0.25) is 0 Å². The van der Waals surface area contributed by atoms with E-state index in [4.69, 9.17) is 0 Å². The highest BCUT2D eigenvalue weighted by Crippen LogP contribution is 2.21. The molecular weight excluding hydrogens is 321 g/mol. The fourth-order valence-electron chi connectivity index (χ4n) is 2.02. The molecule has 21 heavy (non-hydrogen) atoms. The molecule has 1 atom stereocenters. The number of nitrogens with one attached hydrogen (secondary N) is 3. The van der Waals surface area contributed by atoms with Gasteiger partial charge in [-0.3, -0.25) is 9.52 Å². The van der Waals surface area contributed by atoms with Crippen molar-refractivity contribution in [3.05, 3.63) is 24.0 Å². The van der Waals surface area contributed by atoms with E-state index in [1.165, 1.54) is 12.1 Å². The zero-order valence-electron chi connectivity index (χ0n) is 11.3. The molecule has 1 aromatic rings. The van der Waals surface area contributed by atoms with Gasteiger partial charge in [-0.1, -0.05) is 0 Å². The molecule has 1 aromatic carbocycles. The molecule has 1 saturated heterocycles. The van der Waals surface area contributed by atoms with E-state index in [0.29, 0.717) is 5.69 Å². The van der Waals surface area contributed by atoms with Crippen LogP contribution in [0.4, 0.5) is 15.8 Å². The van der Waals surface area contributed by atoms with E-state index in [2.05, 4.69) is 15.4 Å². The summed E-state index contributed by atoms with van der Waals surface area (Å²) in [6.45, 7) is 0.794. The van der Waals surface area contributed by atoms with Gasteiger partial charge in [0.1, 0.15) is 5.82 Å². The van der Waals surface area contributed by atoms with Crippen LogP contribution in [0.15, 0.2) is 18.2 Å². The van der Waals surface area contributed by atoms with E-state index in [-0.39, 0.29) is 30.0 Å². The molecule has 0 spiro atoms. The van der Waals surface area contributed by atoms with Crippen LogP contribution >= 0.6 is 12.4 Å². The van der Waals surface area contributed by atoms with Gasteiger partial charge in [-0.05, 0) is 37.6 Å². The molecule has 3 N–H and O–H groups in total. The smallest absolute Gasteiger partial charge is 0.241 e. The normalized spacial score (nSPS) is 17.9. The van der Waals surface area contributed by atoms with E-state index in [1.54, 1.807) is 0 Å². The second kappa shape index (κ2) is 7.06. The Hall–Kier alpha value is -1.38. The van der Waals surface area contributed by atoms with E-state index < -0.39 is 15.8 Å². The summed E-state index contributed by atoms with van der Waals surface area (Å²) in [6.07, 6.45) is 2.62. The van der Waals surface area contributed by atoms with Crippen molar-refractivity contribution in [3.8, 4) is 0 Å². The fourth-order valence-corrected chi connectivity index (χ4v) is 2.57. The Morgan fingerprint density at radius 2 is 2.14 bits per heavy atom. The van der Waals surface area contributed by atoms with Crippen molar-refractivity contribution in [1.29, 1.82) is 0 Å². The van der Waals surface area contributed by atoms with Gasteiger partial charge in [-0.2, -0.15) is 0 Å². The molecular formula is C12H17ClFN3O3S. The third-order valence-corrected chi connectivity index (χ3v) is 3.50. The highest BCUT2D eigenvalue weighted by molar-refractivity contribution is 7.92. The van der Waals surface area contributed by atoms with Gasteiger partial charge < -0.3 is 10.6 Å². The predicted octanol–water partition coefficient (Wildman–Crippen LogP) is 1.31. The Balaban J connectivity index is 0.00000220. The summed E-state index contributed by atoms with van der Waals surface area (Å²) in [7, 11) is -3.58. The SMILES string of the molecule is CS(=O)(=O)Nc1cc(NC(=O)C2CCCN2)ccc1F.Cl. The average Bonchev–Trinajstić information content (AvgIpc) is 2.85. The quantitative estimate of drug-likeness (QED) is 0.773. The Morgan fingerprint density at radius 3 is 2.71 bits per heavy atom. The lowest BCUT2D eigenvalue weighted by Crippen LogP contribution is -2.35. The molecule has 1 unspecified atom stereocenters. The molecule has 1 aliphatic heterocycles. The molecule has 0 aliphatic carbocycles. The van der Waals surface area contributed by atoms with Crippen molar-refractivity contribution in [1.82, 2.24) is 5.32 Å². The number of sulfonamides is 1. The van der Waals surface area contributed by atoms with Crippen molar-refractivity contribution in [3.63, 3.8) is 0 Å². The van der Waals surface area contributed by atoms with Crippen molar-refractivity contribution in [2.75, 3.05) is 22.8 Å². The zero-order chi connectivity index (χ0) is 14.8. The maximum Gasteiger partial charge on any atom is 0.241 e. The van der Waals surface area contributed by atoms with Gasteiger partial charge in [0.25, 0.3) is 0 Å². The first-order valence-electron chi connectivity index (χ1n) is 6.17. The van der Waals surface area contributed by atoms with E-state index in [9.17, 15) is 17.6 Å². The summed E-state index contributed by atoms with van der Waals surface area (Å²) in [5, 5.41) is 5.68. The molecule has 0 saturated carbocycles. The second-order valence-corrected chi connectivity index (χ2v) is 6.46. The topological polar surface area (TPSA) is 87.3 Å². The zero-order valence-corrected chi connectivity index (χ0v) is 13.0. The van der Waals surface area contributed by atoms with Crippen LogP contribution in [-0.4, -0.2) is 33.2 Å². The molecule has 0 bridgehead atoms. The van der Waals surface area contributed by atoms with Crippen LogP contribution in [0.5, 0.6) is 0 Å². The first-order chi connectivity index (χ1) is 9.35. The average molecular weight is 338 g/mol. The lowest BCUT2D eigenvalue weighted by atomic mass is 10.2. The highest BCUT2D eigenvalue weighted by atomic mass is 35.5. The van der Waals surface area contributed by atoms with Crippen LogP contribution in [0.3, 0.4) is 0 Å². The minimum absolute atomic E-state index is 0. The summed E-state index contributed by atoms with van der Waals surface area (Å²) in [5.74, 6) is -0.910. The summed E-state index contributed by atoms with van der Waals surface area (Å²) in [4.78, 5) is 11.9. The van der Waals surface area contributed by atoms with Gasteiger partial charge >= 0.3 is 0 Å². The van der Waals surface area contributed by atoms with Crippen LogP contribution in [0.25, 0.3) is 0 Å². The van der Waals surface area contributed by atoms with Crippen molar-refractivity contribution in [2.45, 2.75) is 18.9 Å². The molecule has 0 aromatic heterocycles. The Kier molecular flexibility index (Phi) is 5.94. The lowest BCUT2D eigenvalue weighted by Gasteiger charge is -2.12. The van der Waals surface area contributed by atoms with Crippen LogP contribution in [0.1, 0.15) is 12.8 Å². The van der Waals surface area contributed by atoms with Crippen molar-refractivity contribution < 1.29 is 17.6 Å². The number of anilines is 2. The number of carbonyl (C=O) groups is 1. The van der Waals surface area contributed by atoms with E-state index in [0.717, 1.165) is 31.7 Å². The van der Waals surface area contributed by atoms with Crippen LogP contribution in [-0.2, 0) is 14.8 Å². The number of carbonyl (C=O) groups excluding carboxylic acids is 1.